The number of hydrogen-bond acceptors (Lipinski definition) is 2. The molecule has 1 aromatic carbocycles. The lowest BCUT2D eigenvalue weighted by Crippen LogP contribution is -2.12. The van der Waals surface area contributed by atoms with Gasteiger partial charge in [0.05, 0.1) is 5.69 Å². The fourth-order valence-corrected chi connectivity index (χ4v) is 2.71. The van der Waals surface area contributed by atoms with E-state index in [-0.39, 0.29) is 5.82 Å². The number of aromatic nitrogens is 2. The molecule has 0 aliphatic rings. The molecule has 0 amide bonds. The summed E-state index contributed by atoms with van der Waals surface area (Å²) in [6.07, 6.45) is 1.04. The molecular weight excluding hydrogens is 265 g/mol. The smallest absolute Gasteiger partial charge is 0.123 e. The SMILES string of the molecule is CCCn1nc(C)c(-c2cc(F)ccc2CNCC)c1C. The van der Waals surface area contributed by atoms with E-state index in [9.17, 15) is 4.39 Å². The van der Waals surface area contributed by atoms with Crippen LogP contribution in [-0.2, 0) is 13.1 Å². The summed E-state index contributed by atoms with van der Waals surface area (Å²) in [5, 5.41) is 7.92. The molecule has 0 atom stereocenters. The summed E-state index contributed by atoms with van der Waals surface area (Å²) < 4.78 is 15.7. The topological polar surface area (TPSA) is 29.9 Å². The zero-order valence-corrected chi connectivity index (χ0v) is 13.3. The summed E-state index contributed by atoms with van der Waals surface area (Å²) in [6.45, 7) is 10.8. The molecule has 0 fully saturated rings. The Morgan fingerprint density at radius 3 is 2.67 bits per heavy atom. The number of hydrogen-bond donors (Lipinski definition) is 1. The Morgan fingerprint density at radius 2 is 2.00 bits per heavy atom. The van der Waals surface area contributed by atoms with E-state index in [2.05, 4.69) is 31.2 Å². The Hall–Kier alpha value is -1.68. The van der Waals surface area contributed by atoms with Gasteiger partial charge in [-0.1, -0.05) is 19.9 Å². The van der Waals surface area contributed by atoms with Crippen molar-refractivity contribution in [3.63, 3.8) is 0 Å². The third-order valence-electron chi connectivity index (χ3n) is 3.72. The van der Waals surface area contributed by atoms with Gasteiger partial charge in [-0.3, -0.25) is 4.68 Å². The van der Waals surface area contributed by atoms with Crippen LogP contribution in [0.2, 0.25) is 0 Å². The van der Waals surface area contributed by atoms with Gasteiger partial charge in [0, 0.05) is 24.3 Å². The molecule has 0 saturated carbocycles. The second-order valence-electron chi connectivity index (χ2n) is 5.35. The van der Waals surface area contributed by atoms with Crippen molar-refractivity contribution in [2.45, 2.75) is 47.2 Å². The van der Waals surface area contributed by atoms with Crippen LogP contribution >= 0.6 is 0 Å². The van der Waals surface area contributed by atoms with Gasteiger partial charge in [-0.25, -0.2) is 4.39 Å². The second kappa shape index (κ2) is 6.85. The largest absolute Gasteiger partial charge is 0.313 e. The van der Waals surface area contributed by atoms with Crippen molar-refractivity contribution < 1.29 is 4.39 Å². The summed E-state index contributed by atoms with van der Waals surface area (Å²) in [5.74, 6) is -0.202. The van der Waals surface area contributed by atoms with Crippen LogP contribution in [0.5, 0.6) is 0 Å². The quantitative estimate of drug-likeness (QED) is 0.876. The number of nitrogens with one attached hydrogen (secondary N) is 1. The molecule has 0 saturated heterocycles. The molecule has 0 unspecified atom stereocenters. The molecule has 0 aliphatic heterocycles. The van der Waals surface area contributed by atoms with Gasteiger partial charge in [0.25, 0.3) is 0 Å². The van der Waals surface area contributed by atoms with Crippen LogP contribution in [-0.4, -0.2) is 16.3 Å². The molecule has 2 aromatic rings. The number of halogens is 1. The van der Waals surface area contributed by atoms with E-state index in [1.165, 1.54) is 6.07 Å². The van der Waals surface area contributed by atoms with Crippen LogP contribution in [0, 0.1) is 19.7 Å². The van der Waals surface area contributed by atoms with Gasteiger partial charge < -0.3 is 5.32 Å². The van der Waals surface area contributed by atoms with Crippen molar-refractivity contribution in [2.24, 2.45) is 0 Å². The third kappa shape index (κ3) is 3.32. The Balaban J connectivity index is 2.52. The van der Waals surface area contributed by atoms with Gasteiger partial charge in [0.15, 0.2) is 0 Å². The Labute approximate surface area is 126 Å². The Morgan fingerprint density at radius 1 is 1.24 bits per heavy atom. The van der Waals surface area contributed by atoms with Crippen molar-refractivity contribution in [1.29, 1.82) is 0 Å². The molecule has 114 valence electrons. The van der Waals surface area contributed by atoms with Gasteiger partial charge in [-0.15, -0.1) is 0 Å². The van der Waals surface area contributed by atoms with E-state index >= 15 is 0 Å². The lowest BCUT2D eigenvalue weighted by molar-refractivity contribution is 0.583. The number of rotatable bonds is 6. The predicted molar refractivity (Wildman–Crippen MR) is 84.8 cm³/mol. The second-order valence-corrected chi connectivity index (χ2v) is 5.35. The van der Waals surface area contributed by atoms with Crippen molar-refractivity contribution in [1.82, 2.24) is 15.1 Å². The van der Waals surface area contributed by atoms with E-state index in [0.29, 0.717) is 0 Å². The van der Waals surface area contributed by atoms with Crippen LogP contribution in [0.15, 0.2) is 18.2 Å². The van der Waals surface area contributed by atoms with E-state index in [1.807, 2.05) is 17.7 Å². The first-order valence-electron chi connectivity index (χ1n) is 7.62. The minimum Gasteiger partial charge on any atom is -0.313 e. The average molecular weight is 289 g/mol. The maximum absolute atomic E-state index is 13.7. The number of benzene rings is 1. The van der Waals surface area contributed by atoms with E-state index in [4.69, 9.17) is 0 Å². The maximum atomic E-state index is 13.7. The molecule has 0 spiro atoms. The normalized spacial score (nSPS) is 11.1. The fraction of sp³-hybridized carbons (Fsp3) is 0.471. The lowest BCUT2D eigenvalue weighted by atomic mass is 9.97. The first kappa shape index (κ1) is 15.7. The Kier molecular flexibility index (Phi) is 5.12. The summed E-state index contributed by atoms with van der Waals surface area (Å²) in [6, 6.07) is 5.01. The van der Waals surface area contributed by atoms with Crippen LogP contribution in [0.4, 0.5) is 4.39 Å². The predicted octanol–water partition coefficient (Wildman–Crippen LogP) is 3.83. The highest BCUT2D eigenvalue weighted by Crippen LogP contribution is 2.30. The van der Waals surface area contributed by atoms with Crippen LogP contribution < -0.4 is 5.32 Å². The summed E-state index contributed by atoms with van der Waals surface area (Å²) >= 11 is 0. The molecule has 1 N–H and O–H groups in total. The number of aryl methyl sites for hydroxylation is 2. The van der Waals surface area contributed by atoms with E-state index < -0.39 is 0 Å². The summed E-state index contributed by atoms with van der Waals surface area (Å²) in [5.41, 5.74) is 5.20. The van der Waals surface area contributed by atoms with Crippen LogP contribution in [0.25, 0.3) is 11.1 Å². The zero-order valence-electron chi connectivity index (χ0n) is 13.3. The molecule has 0 bridgehead atoms. The Bertz CT molecular complexity index is 617. The fourth-order valence-electron chi connectivity index (χ4n) is 2.71. The molecule has 4 heteroatoms. The highest BCUT2D eigenvalue weighted by molar-refractivity contribution is 5.72. The van der Waals surface area contributed by atoms with Crippen molar-refractivity contribution >= 4 is 0 Å². The summed E-state index contributed by atoms with van der Waals surface area (Å²) in [4.78, 5) is 0. The highest BCUT2D eigenvalue weighted by atomic mass is 19.1. The van der Waals surface area contributed by atoms with E-state index in [1.54, 1.807) is 6.07 Å². The average Bonchev–Trinajstić information content (AvgIpc) is 2.72. The zero-order chi connectivity index (χ0) is 15.4. The standard InChI is InChI=1S/C17H24FN3/c1-5-9-21-13(4)17(12(3)20-21)16-10-15(18)8-7-14(16)11-19-6-2/h7-8,10,19H,5-6,9,11H2,1-4H3. The van der Waals surface area contributed by atoms with Crippen molar-refractivity contribution in [3.05, 3.63) is 41.0 Å². The first-order chi connectivity index (χ1) is 10.1. The van der Waals surface area contributed by atoms with Gasteiger partial charge in [0.1, 0.15) is 5.82 Å². The van der Waals surface area contributed by atoms with Crippen molar-refractivity contribution in [3.8, 4) is 11.1 Å². The van der Waals surface area contributed by atoms with Gasteiger partial charge >= 0.3 is 0 Å². The molecule has 1 aromatic heterocycles. The van der Waals surface area contributed by atoms with E-state index in [0.717, 1.165) is 54.1 Å². The molecular formula is C17H24FN3. The summed E-state index contributed by atoms with van der Waals surface area (Å²) in [7, 11) is 0. The minimum absolute atomic E-state index is 0.202. The molecule has 2 rings (SSSR count). The first-order valence-corrected chi connectivity index (χ1v) is 7.62. The minimum atomic E-state index is -0.202. The van der Waals surface area contributed by atoms with Gasteiger partial charge in [-0.05, 0) is 50.1 Å². The maximum Gasteiger partial charge on any atom is 0.123 e. The molecule has 21 heavy (non-hydrogen) atoms. The molecule has 0 radical (unpaired) electrons. The van der Waals surface area contributed by atoms with Crippen molar-refractivity contribution in [2.75, 3.05) is 6.54 Å². The van der Waals surface area contributed by atoms with Gasteiger partial charge in [-0.2, -0.15) is 5.10 Å². The monoisotopic (exact) mass is 289 g/mol. The third-order valence-corrected chi connectivity index (χ3v) is 3.72. The van der Waals surface area contributed by atoms with Gasteiger partial charge in [0.2, 0.25) is 0 Å². The molecule has 0 aliphatic carbocycles. The highest BCUT2D eigenvalue weighted by Gasteiger charge is 2.16. The number of nitrogens with zero attached hydrogens (tertiary/aromatic N) is 2. The van der Waals surface area contributed by atoms with Crippen LogP contribution in [0.1, 0.15) is 37.2 Å². The van der Waals surface area contributed by atoms with Crippen LogP contribution in [0.3, 0.4) is 0 Å². The lowest BCUT2D eigenvalue weighted by Gasteiger charge is -2.11. The molecule has 1 heterocycles. The molecule has 3 nitrogen and oxygen atoms in total.